The van der Waals surface area contributed by atoms with E-state index in [2.05, 4.69) is 16.0 Å². The van der Waals surface area contributed by atoms with E-state index in [4.69, 9.17) is 0 Å². The second-order valence-electron chi connectivity index (χ2n) is 6.85. The number of carbonyl (C=O) groups excluding carboxylic acids is 3. The lowest BCUT2D eigenvalue weighted by molar-refractivity contribution is -0.128. The molecule has 14 heteroatoms. The largest absolute Gasteiger partial charge is 0.356 e. The number of benzene rings is 1. The molecule has 0 spiro atoms. The maximum atomic E-state index is 12.5. The van der Waals surface area contributed by atoms with Crippen molar-refractivity contribution in [2.45, 2.75) is 45.7 Å². The van der Waals surface area contributed by atoms with Crippen LogP contribution in [0.5, 0.6) is 0 Å². The summed E-state index contributed by atoms with van der Waals surface area (Å²) in [5, 5.41) is 6.41. The standard InChI is InChI=1S/C17H27N3O9P2/c1-11(21)18-8-4-3-5-15(20-12(2)22)17(23)19-10-13-6-7-14(30(24,25)26)9-16(13)31(27,28)29/h6-7,9,15H,3-5,8,10H2,1-2H3,(H,18,21)(H,19,23)(H,20,22)(H2,24,25,26)(H2,27,28,29). The third-order valence-electron chi connectivity index (χ3n) is 4.16. The van der Waals surface area contributed by atoms with Crippen molar-refractivity contribution in [3.8, 4) is 0 Å². The second-order valence-corrected chi connectivity index (χ2v) is 10.0. The SMILES string of the molecule is CC(=O)NCCCCC(NC(C)=O)C(=O)NCc1ccc(P(=O)(O)O)cc1P(=O)(O)O. The molecule has 0 saturated carbocycles. The highest BCUT2D eigenvalue weighted by Gasteiger charge is 2.27. The first-order valence-corrected chi connectivity index (χ1v) is 12.5. The number of rotatable bonds is 11. The lowest BCUT2D eigenvalue weighted by Crippen LogP contribution is -2.46. The van der Waals surface area contributed by atoms with E-state index in [1.807, 2.05) is 0 Å². The highest BCUT2D eigenvalue weighted by atomic mass is 31.2. The van der Waals surface area contributed by atoms with Gasteiger partial charge in [-0.05, 0) is 37.0 Å². The number of carbonyl (C=O) groups is 3. The normalized spacial score (nSPS) is 12.7. The molecular formula is C17H27N3O9P2. The molecule has 0 aliphatic heterocycles. The van der Waals surface area contributed by atoms with Gasteiger partial charge < -0.3 is 35.5 Å². The Morgan fingerprint density at radius 2 is 1.58 bits per heavy atom. The van der Waals surface area contributed by atoms with Crippen LogP contribution in [0.3, 0.4) is 0 Å². The number of hydrogen-bond acceptors (Lipinski definition) is 5. The third kappa shape index (κ3) is 9.73. The van der Waals surface area contributed by atoms with E-state index in [0.717, 1.165) is 18.2 Å². The van der Waals surface area contributed by atoms with Crippen molar-refractivity contribution < 1.29 is 43.1 Å². The van der Waals surface area contributed by atoms with Gasteiger partial charge in [0.2, 0.25) is 17.7 Å². The molecule has 12 nitrogen and oxygen atoms in total. The van der Waals surface area contributed by atoms with Gasteiger partial charge in [0.15, 0.2) is 0 Å². The summed E-state index contributed by atoms with van der Waals surface area (Å²) in [6.45, 7) is 2.71. The van der Waals surface area contributed by atoms with Crippen LogP contribution >= 0.6 is 15.2 Å². The molecule has 0 heterocycles. The molecule has 1 aromatic carbocycles. The van der Waals surface area contributed by atoms with Crippen LogP contribution in [-0.2, 0) is 30.1 Å². The van der Waals surface area contributed by atoms with E-state index in [9.17, 15) is 43.1 Å². The van der Waals surface area contributed by atoms with Crippen LogP contribution in [0.4, 0.5) is 0 Å². The van der Waals surface area contributed by atoms with E-state index >= 15 is 0 Å². The molecule has 1 rings (SSSR count). The Bertz CT molecular complexity index is 910. The van der Waals surface area contributed by atoms with Gasteiger partial charge in [-0.15, -0.1) is 0 Å². The molecule has 1 unspecified atom stereocenters. The minimum atomic E-state index is -4.89. The van der Waals surface area contributed by atoms with Gasteiger partial charge in [0.1, 0.15) is 6.04 Å². The maximum absolute atomic E-state index is 12.5. The molecule has 0 aromatic heterocycles. The van der Waals surface area contributed by atoms with Crippen molar-refractivity contribution in [1.82, 2.24) is 16.0 Å². The summed E-state index contributed by atoms with van der Waals surface area (Å²) in [5.74, 6) is -1.21. The van der Waals surface area contributed by atoms with Crippen LogP contribution in [0.25, 0.3) is 0 Å². The van der Waals surface area contributed by atoms with Gasteiger partial charge in [-0.3, -0.25) is 23.5 Å². The summed E-state index contributed by atoms with van der Waals surface area (Å²) < 4.78 is 23.1. The van der Waals surface area contributed by atoms with E-state index in [-0.39, 0.29) is 24.4 Å². The van der Waals surface area contributed by atoms with Gasteiger partial charge in [-0.2, -0.15) is 0 Å². The van der Waals surface area contributed by atoms with Gasteiger partial charge in [-0.25, -0.2) is 0 Å². The smallest absolute Gasteiger partial charge is 0.356 e. The van der Waals surface area contributed by atoms with Crippen molar-refractivity contribution in [3.63, 3.8) is 0 Å². The van der Waals surface area contributed by atoms with E-state index in [1.165, 1.54) is 13.8 Å². The Labute approximate surface area is 179 Å². The molecule has 0 aliphatic rings. The molecule has 0 saturated heterocycles. The Hall–Kier alpha value is -2.07. The quantitative estimate of drug-likeness (QED) is 0.149. The first-order chi connectivity index (χ1) is 14.2. The number of nitrogens with one attached hydrogen (secondary N) is 3. The number of hydrogen-bond donors (Lipinski definition) is 7. The number of amides is 3. The van der Waals surface area contributed by atoms with E-state index in [1.54, 1.807) is 0 Å². The molecule has 3 amide bonds. The van der Waals surface area contributed by atoms with Crippen molar-refractivity contribution in [2.75, 3.05) is 6.54 Å². The summed E-state index contributed by atoms with van der Waals surface area (Å²) in [5.41, 5.74) is -0.0221. The molecule has 7 N–H and O–H groups in total. The molecular weight excluding hydrogens is 452 g/mol. The summed E-state index contributed by atoms with van der Waals surface area (Å²) in [4.78, 5) is 72.2. The van der Waals surface area contributed by atoms with Crippen LogP contribution in [0, 0.1) is 0 Å². The molecule has 0 fully saturated rings. The summed E-state index contributed by atoms with van der Waals surface area (Å²) >= 11 is 0. The molecule has 174 valence electrons. The van der Waals surface area contributed by atoms with Crippen molar-refractivity contribution in [1.29, 1.82) is 0 Å². The minimum absolute atomic E-state index is 0.0221. The first kappa shape index (κ1) is 27.0. The summed E-state index contributed by atoms with van der Waals surface area (Å²) in [6.07, 6.45) is 1.37. The Balaban J connectivity index is 2.88. The highest BCUT2D eigenvalue weighted by molar-refractivity contribution is 7.62. The van der Waals surface area contributed by atoms with E-state index in [0.29, 0.717) is 19.4 Å². The minimum Gasteiger partial charge on any atom is -0.356 e. The molecule has 0 radical (unpaired) electrons. The monoisotopic (exact) mass is 479 g/mol. The fourth-order valence-corrected chi connectivity index (χ4v) is 4.21. The fraction of sp³-hybridized carbons (Fsp3) is 0.471. The van der Waals surface area contributed by atoms with Crippen LogP contribution in [0.1, 0.15) is 38.7 Å². The van der Waals surface area contributed by atoms with Crippen LogP contribution in [0.15, 0.2) is 18.2 Å². The lowest BCUT2D eigenvalue weighted by Gasteiger charge is -2.19. The molecule has 1 atom stereocenters. The molecule has 1 aromatic rings. The number of unbranched alkanes of at least 4 members (excludes halogenated alkanes) is 1. The van der Waals surface area contributed by atoms with Gasteiger partial charge in [-0.1, -0.05) is 6.07 Å². The predicted octanol–water partition coefficient (Wildman–Crippen LogP) is -1.28. The van der Waals surface area contributed by atoms with E-state index < -0.39 is 43.7 Å². The zero-order valence-corrected chi connectivity index (χ0v) is 18.9. The first-order valence-electron chi connectivity index (χ1n) is 9.26. The predicted molar refractivity (Wildman–Crippen MR) is 112 cm³/mol. The molecule has 0 bridgehead atoms. The average molecular weight is 479 g/mol. The fourth-order valence-electron chi connectivity index (χ4n) is 2.71. The summed E-state index contributed by atoms with van der Waals surface area (Å²) in [6, 6.07) is 1.96. The topological polar surface area (TPSA) is 202 Å². The lowest BCUT2D eigenvalue weighted by atomic mass is 10.1. The van der Waals surface area contributed by atoms with Crippen molar-refractivity contribution in [3.05, 3.63) is 23.8 Å². The van der Waals surface area contributed by atoms with Crippen LogP contribution < -0.4 is 26.6 Å². The Kier molecular flexibility index (Phi) is 10.0. The zero-order chi connectivity index (χ0) is 23.8. The molecule has 0 aliphatic carbocycles. The maximum Gasteiger partial charge on any atom is 0.356 e. The van der Waals surface area contributed by atoms with Crippen LogP contribution in [-0.4, -0.2) is 49.9 Å². The van der Waals surface area contributed by atoms with Gasteiger partial charge in [0, 0.05) is 26.9 Å². The molecule has 31 heavy (non-hydrogen) atoms. The van der Waals surface area contributed by atoms with Gasteiger partial charge in [0.25, 0.3) is 0 Å². The summed E-state index contributed by atoms with van der Waals surface area (Å²) in [7, 11) is -9.62. The van der Waals surface area contributed by atoms with Gasteiger partial charge >= 0.3 is 15.2 Å². The van der Waals surface area contributed by atoms with Crippen molar-refractivity contribution in [2.24, 2.45) is 0 Å². The second kappa shape index (κ2) is 11.5. The third-order valence-corrected chi connectivity index (χ3v) is 6.15. The Morgan fingerprint density at radius 3 is 2.10 bits per heavy atom. The van der Waals surface area contributed by atoms with Crippen LogP contribution in [0.2, 0.25) is 0 Å². The highest BCUT2D eigenvalue weighted by Crippen LogP contribution is 2.38. The Morgan fingerprint density at radius 1 is 0.935 bits per heavy atom. The van der Waals surface area contributed by atoms with Crippen molar-refractivity contribution >= 4 is 43.5 Å². The zero-order valence-electron chi connectivity index (χ0n) is 17.1. The average Bonchev–Trinajstić information content (AvgIpc) is 2.62. The van der Waals surface area contributed by atoms with Gasteiger partial charge in [0.05, 0.1) is 10.6 Å².